The Balaban J connectivity index is 1.31. The molecule has 1 atom stereocenters. The second kappa shape index (κ2) is 10.2. The van der Waals surface area contributed by atoms with E-state index >= 15 is 0 Å². The number of ether oxygens (including phenoxy) is 1. The number of fused-ring (bicyclic) bond motifs is 3. The fourth-order valence-corrected chi connectivity index (χ4v) is 6.84. The molecule has 7 rings (SSSR count). The molecule has 4 aromatic carbocycles. The van der Waals surface area contributed by atoms with Gasteiger partial charge in [-0.15, -0.1) is 0 Å². The second-order valence-corrected chi connectivity index (χ2v) is 11.4. The standard InChI is InChI=1S/C36H34N4O2/c1-25-19-26(2)34-33(20-25)40-31(23-42-34)21-38(35(40)41)22-32-27(3)39(24-37-32)36(28-13-7-4-8-14-28,29-15-9-5-10-16-29)30-17-11-6-12-18-30/h4-20,24,31H,21-23H2,1-3H3. The molecule has 210 valence electrons. The van der Waals surface area contributed by atoms with Crippen molar-refractivity contribution >= 4 is 11.7 Å². The van der Waals surface area contributed by atoms with Gasteiger partial charge in [0.1, 0.15) is 17.9 Å². The zero-order valence-electron chi connectivity index (χ0n) is 24.2. The van der Waals surface area contributed by atoms with E-state index in [9.17, 15) is 4.79 Å². The van der Waals surface area contributed by atoms with Crippen molar-refractivity contribution in [2.45, 2.75) is 38.9 Å². The van der Waals surface area contributed by atoms with Crippen LogP contribution in [0, 0.1) is 20.8 Å². The summed E-state index contributed by atoms with van der Waals surface area (Å²) < 4.78 is 8.43. The number of imidazole rings is 1. The van der Waals surface area contributed by atoms with Gasteiger partial charge in [0.05, 0.1) is 30.3 Å². The first-order valence-electron chi connectivity index (χ1n) is 14.5. The number of nitrogens with zero attached hydrogens (tertiary/aromatic N) is 4. The molecule has 0 N–H and O–H groups in total. The Kier molecular flexibility index (Phi) is 6.34. The van der Waals surface area contributed by atoms with E-state index in [1.165, 1.54) is 0 Å². The molecule has 1 unspecified atom stereocenters. The van der Waals surface area contributed by atoms with Crippen molar-refractivity contribution in [1.82, 2.24) is 14.5 Å². The molecule has 5 aromatic rings. The van der Waals surface area contributed by atoms with Crippen LogP contribution < -0.4 is 9.64 Å². The number of benzene rings is 4. The van der Waals surface area contributed by atoms with E-state index in [2.05, 4.69) is 122 Å². The van der Waals surface area contributed by atoms with Crippen molar-refractivity contribution in [1.29, 1.82) is 0 Å². The van der Waals surface area contributed by atoms with Gasteiger partial charge in [-0.1, -0.05) is 97.1 Å². The molecule has 0 aliphatic carbocycles. The van der Waals surface area contributed by atoms with E-state index in [4.69, 9.17) is 9.72 Å². The fraction of sp³-hybridized carbons (Fsp3) is 0.222. The van der Waals surface area contributed by atoms with Gasteiger partial charge in [0.2, 0.25) is 0 Å². The molecule has 42 heavy (non-hydrogen) atoms. The van der Waals surface area contributed by atoms with Crippen LogP contribution in [-0.4, -0.2) is 39.7 Å². The van der Waals surface area contributed by atoms with Crippen molar-refractivity contribution in [2.75, 3.05) is 18.1 Å². The van der Waals surface area contributed by atoms with Gasteiger partial charge in [-0.3, -0.25) is 4.90 Å². The van der Waals surface area contributed by atoms with Crippen molar-refractivity contribution in [2.24, 2.45) is 0 Å². The molecular weight excluding hydrogens is 520 g/mol. The van der Waals surface area contributed by atoms with Gasteiger partial charge in [0.25, 0.3) is 0 Å². The minimum atomic E-state index is -0.645. The molecule has 2 amide bonds. The molecule has 1 saturated heterocycles. The predicted octanol–water partition coefficient (Wildman–Crippen LogP) is 6.85. The van der Waals surface area contributed by atoms with Gasteiger partial charge in [0, 0.05) is 12.2 Å². The van der Waals surface area contributed by atoms with Crippen LogP contribution in [-0.2, 0) is 12.1 Å². The molecule has 2 aliphatic rings. The number of urea groups is 1. The number of aromatic nitrogens is 2. The van der Waals surface area contributed by atoms with Crippen LogP contribution in [0.15, 0.2) is 109 Å². The predicted molar refractivity (Wildman–Crippen MR) is 165 cm³/mol. The van der Waals surface area contributed by atoms with E-state index in [0.29, 0.717) is 19.7 Å². The Bertz CT molecular complexity index is 1650. The van der Waals surface area contributed by atoms with Crippen molar-refractivity contribution in [3.63, 3.8) is 0 Å². The summed E-state index contributed by atoms with van der Waals surface area (Å²) in [6.07, 6.45) is 1.94. The third-order valence-electron chi connectivity index (χ3n) is 8.74. The van der Waals surface area contributed by atoms with Crippen molar-refractivity contribution < 1.29 is 9.53 Å². The normalized spacial score (nSPS) is 16.3. The minimum absolute atomic E-state index is 0.00365. The summed E-state index contributed by atoms with van der Waals surface area (Å²) in [6.45, 7) is 7.73. The number of amides is 2. The number of carbonyl (C=O) groups excluding carboxylic acids is 1. The first-order valence-corrected chi connectivity index (χ1v) is 14.5. The molecule has 0 bridgehead atoms. The summed E-state index contributed by atoms with van der Waals surface area (Å²) in [4.78, 5) is 22.7. The van der Waals surface area contributed by atoms with Gasteiger partial charge >= 0.3 is 6.03 Å². The lowest BCUT2D eigenvalue weighted by Crippen LogP contribution is -2.41. The van der Waals surface area contributed by atoms with E-state index in [-0.39, 0.29) is 12.1 Å². The molecule has 2 aliphatic heterocycles. The third kappa shape index (κ3) is 4.01. The largest absolute Gasteiger partial charge is 0.489 e. The summed E-state index contributed by atoms with van der Waals surface area (Å²) in [5.41, 5.74) is 7.74. The van der Waals surface area contributed by atoms with Gasteiger partial charge in [0.15, 0.2) is 0 Å². The molecule has 1 fully saturated rings. The SMILES string of the molecule is Cc1cc(C)c2c(c1)N1C(=O)N(Cc3ncn(C(c4ccccc4)(c4ccccc4)c4ccccc4)c3C)CC1CO2. The molecule has 1 aromatic heterocycles. The third-order valence-corrected chi connectivity index (χ3v) is 8.74. The van der Waals surface area contributed by atoms with Gasteiger partial charge in [-0.2, -0.15) is 0 Å². The number of hydrogen-bond donors (Lipinski definition) is 0. The van der Waals surface area contributed by atoms with Crippen LogP contribution in [0.5, 0.6) is 5.75 Å². The first-order chi connectivity index (χ1) is 20.5. The van der Waals surface area contributed by atoms with Crippen LogP contribution in [0.1, 0.15) is 39.2 Å². The number of carbonyl (C=O) groups is 1. The van der Waals surface area contributed by atoms with E-state index in [1.807, 2.05) is 23.1 Å². The smallest absolute Gasteiger partial charge is 0.325 e. The zero-order valence-corrected chi connectivity index (χ0v) is 24.2. The Labute approximate surface area is 246 Å². The molecule has 6 heteroatoms. The monoisotopic (exact) mass is 554 g/mol. The van der Waals surface area contributed by atoms with Crippen molar-refractivity contribution in [3.8, 4) is 5.75 Å². The van der Waals surface area contributed by atoms with E-state index < -0.39 is 5.54 Å². The zero-order chi connectivity index (χ0) is 28.8. The van der Waals surface area contributed by atoms with Crippen LogP contribution in [0.3, 0.4) is 0 Å². The summed E-state index contributed by atoms with van der Waals surface area (Å²) in [7, 11) is 0. The van der Waals surface area contributed by atoms with Crippen LogP contribution in [0.4, 0.5) is 10.5 Å². The molecule has 0 saturated carbocycles. The minimum Gasteiger partial charge on any atom is -0.489 e. The molecule has 0 radical (unpaired) electrons. The maximum absolute atomic E-state index is 13.9. The van der Waals surface area contributed by atoms with E-state index in [1.54, 1.807) is 0 Å². The van der Waals surface area contributed by atoms with Gasteiger partial charge < -0.3 is 14.2 Å². The fourth-order valence-electron chi connectivity index (χ4n) is 6.84. The summed E-state index contributed by atoms with van der Waals surface area (Å²) >= 11 is 0. The van der Waals surface area contributed by atoms with Crippen LogP contribution in [0.2, 0.25) is 0 Å². The number of rotatable bonds is 6. The summed E-state index contributed by atoms with van der Waals surface area (Å²) in [5.74, 6) is 0.811. The number of aryl methyl sites for hydroxylation is 2. The lowest BCUT2D eigenvalue weighted by Gasteiger charge is -2.38. The Hall–Kier alpha value is -4.84. The molecule has 6 nitrogen and oxygen atoms in total. The molecular formula is C36H34N4O2. The average Bonchev–Trinajstić information content (AvgIpc) is 3.54. The lowest BCUT2D eigenvalue weighted by molar-refractivity contribution is 0.217. The molecule has 3 heterocycles. The number of hydrogen-bond acceptors (Lipinski definition) is 3. The highest BCUT2D eigenvalue weighted by Crippen LogP contribution is 2.43. The Morgan fingerprint density at radius 2 is 1.40 bits per heavy atom. The van der Waals surface area contributed by atoms with E-state index in [0.717, 1.165) is 50.6 Å². The average molecular weight is 555 g/mol. The first kappa shape index (κ1) is 26.1. The maximum atomic E-state index is 13.9. The maximum Gasteiger partial charge on any atom is 0.325 e. The highest BCUT2D eigenvalue weighted by atomic mass is 16.5. The quantitative estimate of drug-likeness (QED) is 0.216. The number of anilines is 1. The van der Waals surface area contributed by atoms with Crippen LogP contribution in [0.25, 0.3) is 0 Å². The Morgan fingerprint density at radius 1 is 0.833 bits per heavy atom. The van der Waals surface area contributed by atoms with Gasteiger partial charge in [-0.05, 0) is 54.7 Å². The van der Waals surface area contributed by atoms with Crippen molar-refractivity contribution in [3.05, 3.63) is 149 Å². The second-order valence-electron chi connectivity index (χ2n) is 11.4. The highest BCUT2D eigenvalue weighted by molar-refractivity contribution is 5.97. The van der Waals surface area contributed by atoms with Gasteiger partial charge in [-0.25, -0.2) is 9.78 Å². The Morgan fingerprint density at radius 3 is 1.98 bits per heavy atom. The topological polar surface area (TPSA) is 50.6 Å². The highest BCUT2D eigenvalue weighted by Gasteiger charge is 2.44. The van der Waals surface area contributed by atoms with Crippen LogP contribution >= 0.6 is 0 Å². The lowest BCUT2D eigenvalue weighted by atomic mass is 9.76. The summed E-state index contributed by atoms with van der Waals surface area (Å²) in [5, 5.41) is 0. The molecule has 0 spiro atoms. The summed E-state index contributed by atoms with van der Waals surface area (Å²) in [6, 6.07) is 35.9.